The van der Waals surface area contributed by atoms with Crippen LogP contribution in [0.1, 0.15) is 5.56 Å². The number of benzene rings is 13. The molecule has 0 aliphatic heterocycles. The lowest BCUT2D eigenvalue weighted by Crippen LogP contribution is -2.08. The molecule has 0 radical (unpaired) electrons. The van der Waals surface area contributed by atoms with Gasteiger partial charge in [-0.2, -0.15) is 13.2 Å². The fourth-order valence-electron chi connectivity index (χ4n) is 14.8. The lowest BCUT2D eigenvalue weighted by atomic mass is 9.99. The largest absolute Gasteiger partial charge is 0.416 e. The molecule has 0 atom stereocenters. The van der Waals surface area contributed by atoms with Gasteiger partial charge in [0.25, 0.3) is 0 Å². The van der Waals surface area contributed by atoms with Gasteiger partial charge in [0.1, 0.15) is 0 Å². The van der Waals surface area contributed by atoms with Gasteiger partial charge in [0, 0.05) is 112 Å². The summed E-state index contributed by atoms with van der Waals surface area (Å²) >= 11 is 0. The van der Waals surface area contributed by atoms with Crippen LogP contribution < -0.4 is 0 Å². The Labute approximate surface area is 650 Å². The highest BCUT2D eigenvalue weighted by Gasteiger charge is 2.33. The molecule has 0 N–H and O–H groups in total. The van der Waals surface area contributed by atoms with Gasteiger partial charge in [-0.25, -0.2) is 59.8 Å². The van der Waals surface area contributed by atoms with Gasteiger partial charge in [-0.3, -0.25) is 4.98 Å². The quantitative estimate of drug-likeness (QED) is 0.0948. The van der Waals surface area contributed by atoms with E-state index in [1.165, 1.54) is 6.07 Å². The molecule has 0 bridgehead atoms. The molecular weight excluding hydrogens is 1420 g/mol. The van der Waals surface area contributed by atoms with Gasteiger partial charge in [0.15, 0.2) is 69.9 Å². The van der Waals surface area contributed by atoms with Gasteiger partial charge in [-0.1, -0.05) is 243 Å². The summed E-state index contributed by atoms with van der Waals surface area (Å²) < 4.78 is 52.0. The molecule has 538 valence electrons. The van der Waals surface area contributed by atoms with Crippen molar-refractivity contribution in [3.8, 4) is 159 Å². The number of fused-ring (bicyclic) bond motifs is 6. The minimum atomic E-state index is -4.78. The lowest BCUT2D eigenvalue weighted by Gasteiger charge is -2.20. The van der Waals surface area contributed by atoms with Crippen LogP contribution in [0, 0.1) is 0 Å². The topological polar surface area (TPSA) is 177 Å². The molecule has 0 unspecified atom stereocenters. The summed E-state index contributed by atoms with van der Waals surface area (Å²) in [6.45, 7) is 0. The molecule has 0 amide bonds. The molecule has 0 spiro atoms. The average molecular weight is 1480 g/mol. The molecule has 0 aliphatic carbocycles. The first kappa shape index (κ1) is 67.8. The molecule has 13 aromatic carbocycles. The Hall–Kier alpha value is -15.6. The van der Waals surface area contributed by atoms with Crippen molar-refractivity contribution in [1.82, 2.24) is 73.9 Å². The zero-order valence-corrected chi connectivity index (χ0v) is 60.3. The van der Waals surface area contributed by atoms with E-state index >= 15 is 13.2 Å². The van der Waals surface area contributed by atoms with E-state index in [1.807, 2.05) is 314 Å². The molecule has 18 heteroatoms. The molecule has 7 aromatic heterocycles. The molecule has 0 fully saturated rings. The fraction of sp³-hybridized carbons (Fsp3) is 0.0104. The summed E-state index contributed by atoms with van der Waals surface area (Å²) in [4.78, 5) is 66.2. The smallest absolute Gasteiger partial charge is 0.309 e. The van der Waals surface area contributed by atoms with Crippen LogP contribution in [0.5, 0.6) is 0 Å². The molecule has 114 heavy (non-hydrogen) atoms. The van der Waals surface area contributed by atoms with E-state index in [4.69, 9.17) is 64.8 Å². The standard InChI is InChI=1S/C96H58F3N15/c97-96(98,99)71-45-50-82(113-78-46-41-67(92-105-84(59-25-9-1-10-26-59)101-85(106-92)60-27-11-2-12-28-60)53-72(78)73-54-68(42-47-79(73)113)93-107-86(61-29-13-3-14-30-61)102-87(108-93)62-31-15-4-16-32-62)76(57-71)77-58-100-52-51-83(77)114-80-48-43-69(94-109-88(63-33-17-5-18-34-63)103-89(110-94)64-35-19-6-20-36-64)55-74(80)75-56-70(44-49-81(75)114)95-111-90(65-37-21-7-22-38-65)104-91(112-95)66-39-23-8-24-40-66/h1-58H. The van der Waals surface area contributed by atoms with Crippen molar-refractivity contribution in [2.24, 2.45) is 0 Å². The predicted octanol–water partition coefficient (Wildman–Crippen LogP) is 22.7. The molecule has 0 saturated carbocycles. The van der Waals surface area contributed by atoms with Crippen LogP contribution in [0.25, 0.3) is 203 Å². The minimum absolute atomic E-state index is 0.234. The maximum absolute atomic E-state index is 16.0. The van der Waals surface area contributed by atoms with Gasteiger partial charge < -0.3 is 9.13 Å². The van der Waals surface area contributed by atoms with Gasteiger partial charge in [0.05, 0.1) is 39.0 Å². The van der Waals surface area contributed by atoms with Crippen molar-refractivity contribution >= 4 is 43.6 Å². The van der Waals surface area contributed by atoms with Gasteiger partial charge in [-0.15, -0.1) is 0 Å². The third kappa shape index (κ3) is 12.8. The van der Waals surface area contributed by atoms with Crippen LogP contribution in [0.2, 0.25) is 0 Å². The van der Waals surface area contributed by atoms with Gasteiger partial charge >= 0.3 is 6.18 Å². The molecule has 0 saturated heterocycles. The van der Waals surface area contributed by atoms with Crippen molar-refractivity contribution in [3.05, 3.63) is 358 Å². The number of aromatic nitrogens is 15. The summed E-state index contributed by atoms with van der Waals surface area (Å²) in [5, 5.41) is 3.00. The third-order valence-corrected chi connectivity index (χ3v) is 20.3. The Morgan fingerprint density at radius 1 is 0.202 bits per heavy atom. The Morgan fingerprint density at radius 2 is 0.421 bits per heavy atom. The zero-order valence-electron chi connectivity index (χ0n) is 60.3. The maximum Gasteiger partial charge on any atom is 0.416 e. The molecule has 20 aromatic rings. The van der Waals surface area contributed by atoms with Crippen LogP contribution in [-0.4, -0.2) is 73.9 Å². The highest BCUT2D eigenvalue weighted by atomic mass is 19.4. The number of nitrogens with zero attached hydrogens (tertiary/aromatic N) is 15. The highest BCUT2D eigenvalue weighted by molar-refractivity contribution is 6.14. The zero-order chi connectivity index (χ0) is 76.2. The molecule has 7 heterocycles. The molecule has 15 nitrogen and oxygen atoms in total. The minimum Gasteiger partial charge on any atom is -0.309 e. The van der Waals surface area contributed by atoms with Crippen molar-refractivity contribution in [2.45, 2.75) is 6.18 Å². The first-order valence-corrected chi connectivity index (χ1v) is 36.9. The summed E-state index contributed by atoms with van der Waals surface area (Å²) in [7, 11) is 0. The Morgan fingerprint density at radius 3 is 0.649 bits per heavy atom. The van der Waals surface area contributed by atoms with Crippen molar-refractivity contribution in [1.29, 1.82) is 0 Å². The second-order valence-electron chi connectivity index (χ2n) is 27.4. The van der Waals surface area contributed by atoms with Crippen LogP contribution >= 0.6 is 0 Å². The van der Waals surface area contributed by atoms with Crippen molar-refractivity contribution < 1.29 is 13.2 Å². The number of halogens is 3. The second-order valence-corrected chi connectivity index (χ2v) is 27.4. The highest BCUT2D eigenvalue weighted by Crippen LogP contribution is 2.46. The Bertz CT molecular complexity index is 6460. The van der Waals surface area contributed by atoms with Gasteiger partial charge in [-0.05, 0) is 97.1 Å². The third-order valence-electron chi connectivity index (χ3n) is 20.3. The average Bonchev–Trinajstić information content (AvgIpc) is 1.56. The number of hydrogen-bond acceptors (Lipinski definition) is 13. The van der Waals surface area contributed by atoms with E-state index in [2.05, 4.69) is 16.7 Å². The van der Waals surface area contributed by atoms with Crippen molar-refractivity contribution in [2.75, 3.05) is 0 Å². The van der Waals surface area contributed by atoms with E-state index in [1.54, 1.807) is 18.5 Å². The monoisotopic (exact) mass is 1480 g/mol. The van der Waals surface area contributed by atoms with Gasteiger partial charge in [0.2, 0.25) is 0 Å². The summed E-state index contributed by atoms with van der Waals surface area (Å²) in [5.41, 5.74) is 12.6. The Balaban J connectivity index is 0.822. The number of alkyl halides is 3. The molecular formula is C96H58F3N15. The van der Waals surface area contributed by atoms with E-state index < -0.39 is 11.7 Å². The van der Waals surface area contributed by atoms with Crippen LogP contribution in [0.3, 0.4) is 0 Å². The van der Waals surface area contributed by atoms with Crippen molar-refractivity contribution in [3.63, 3.8) is 0 Å². The second kappa shape index (κ2) is 28.5. The SMILES string of the molecule is FC(F)(F)c1ccc(-n2c3ccc(-c4nc(-c5ccccc5)nc(-c5ccccc5)n4)cc3c3cc(-c4nc(-c5ccccc5)nc(-c5ccccc5)n4)ccc32)c(-c2cnccc2-n2c3ccc(-c4nc(-c5ccccc5)nc(-c5ccccc5)n4)cc3c3cc(-c4nc(-c5ccccc5)nc(-c5ccccc5)n4)ccc32)c1. The van der Waals surface area contributed by atoms with E-state index in [0.717, 1.165) is 72.1 Å². The molecule has 20 rings (SSSR count). The number of pyridine rings is 1. The first-order valence-electron chi connectivity index (χ1n) is 36.9. The maximum atomic E-state index is 16.0. The summed E-state index contributed by atoms with van der Waals surface area (Å²) in [5.74, 6) is 5.51. The van der Waals surface area contributed by atoms with E-state index in [9.17, 15) is 0 Å². The first-order chi connectivity index (χ1) is 56.1. The van der Waals surface area contributed by atoms with Crippen LogP contribution in [0.4, 0.5) is 13.2 Å². The number of hydrogen-bond donors (Lipinski definition) is 0. The Kier molecular flexibility index (Phi) is 16.9. The van der Waals surface area contributed by atoms with Crippen LogP contribution in [0.15, 0.2) is 352 Å². The predicted molar refractivity (Wildman–Crippen MR) is 442 cm³/mol. The summed E-state index contributed by atoms with van der Waals surface area (Å²) in [6, 6.07) is 108. The van der Waals surface area contributed by atoms with Crippen LogP contribution in [-0.2, 0) is 6.18 Å². The molecule has 0 aliphatic rings. The normalized spacial score (nSPS) is 11.6. The fourth-order valence-corrected chi connectivity index (χ4v) is 14.8. The van der Waals surface area contributed by atoms with E-state index in [-0.39, 0.29) is 5.56 Å². The lowest BCUT2D eigenvalue weighted by molar-refractivity contribution is -0.137. The summed E-state index contributed by atoms with van der Waals surface area (Å²) in [6.07, 6.45) is -1.47. The number of rotatable bonds is 15. The van der Waals surface area contributed by atoms with E-state index in [0.29, 0.717) is 131 Å².